The van der Waals surface area contributed by atoms with E-state index in [-0.39, 0.29) is 5.41 Å². The molecular weight excluding hydrogens is 300 g/mol. The first-order chi connectivity index (χ1) is 9.09. The van der Waals surface area contributed by atoms with E-state index in [1.807, 2.05) is 0 Å². The lowest BCUT2D eigenvalue weighted by atomic mass is 9.78. The lowest BCUT2D eigenvalue weighted by Crippen LogP contribution is -2.22. The number of aromatic nitrogens is 2. The van der Waals surface area contributed by atoms with Crippen LogP contribution in [0, 0.1) is 0 Å². The van der Waals surface area contributed by atoms with Gasteiger partial charge in [-0.05, 0) is 48.9 Å². The van der Waals surface area contributed by atoms with Crippen LogP contribution in [0.1, 0.15) is 49.2 Å². The molecule has 0 aliphatic heterocycles. The molecule has 1 aromatic carbocycles. The number of fused-ring (bicyclic) bond motifs is 1. The van der Waals surface area contributed by atoms with Crippen LogP contribution in [0.25, 0.3) is 0 Å². The van der Waals surface area contributed by atoms with E-state index < -0.39 is 0 Å². The molecule has 0 atom stereocenters. The largest absolute Gasteiger partial charge is 0.282 e. The number of H-pyrrole nitrogens is 1. The Morgan fingerprint density at radius 3 is 2.53 bits per heavy atom. The molecule has 19 heavy (non-hydrogen) atoms. The molecular formula is C16H19BrN2. The molecule has 2 aromatic rings. The molecule has 0 unspecified atom stereocenters. The second-order valence-electron chi connectivity index (χ2n) is 5.87. The van der Waals surface area contributed by atoms with Crippen molar-refractivity contribution in [1.29, 1.82) is 0 Å². The van der Waals surface area contributed by atoms with Crippen molar-refractivity contribution in [2.45, 2.75) is 44.9 Å². The van der Waals surface area contributed by atoms with Gasteiger partial charge in [-0.2, -0.15) is 5.10 Å². The van der Waals surface area contributed by atoms with Gasteiger partial charge in [0.2, 0.25) is 0 Å². The Bertz CT molecular complexity index is 581. The number of hydrogen-bond donors (Lipinski definition) is 1. The van der Waals surface area contributed by atoms with Gasteiger partial charge in [0, 0.05) is 15.6 Å². The molecule has 1 aliphatic rings. The van der Waals surface area contributed by atoms with E-state index in [0.717, 1.165) is 10.9 Å². The lowest BCUT2D eigenvalue weighted by molar-refractivity contribution is 0.598. The minimum atomic E-state index is -0.0396. The standard InChI is InChI=1S/C16H19BrN2/c1-16(2,11-7-9-12(17)10-8-11)15-13-5-3-4-6-14(13)18-19-15/h7-10H,3-6H2,1-2H3,(H,18,19). The summed E-state index contributed by atoms with van der Waals surface area (Å²) in [4.78, 5) is 0. The van der Waals surface area contributed by atoms with Gasteiger partial charge in [-0.3, -0.25) is 5.10 Å². The van der Waals surface area contributed by atoms with Crippen LogP contribution in [0.15, 0.2) is 28.7 Å². The highest BCUT2D eigenvalue weighted by Gasteiger charge is 2.30. The average Bonchev–Trinajstić information content (AvgIpc) is 2.83. The zero-order valence-electron chi connectivity index (χ0n) is 11.5. The van der Waals surface area contributed by atoms with Gasteiger partial charge in [-0.15, -0.1) is 0 Å². The van der Waals surface area contributed by atoms with Crippen LogP contribution in [-0.4, -0.2) is 10.2 Å². The van der Waals surface area contributed by atoms with Crippen LogP contribution < -0.4 is 0 Å². The SMILES string of the molecule is CC(C)(c1ccc(Br)cc1)c1n[nH]c2c1CCCC2. The van der Waals surface area contributed by atoms with Crippen LogP contribution >= 0.6 is 15.9 Å². The van der Waals surface area contributed by atoms with Gasteiger partial charge in [0.15, 0.2) is 0 Å². The Hall–Kier alpha value is -1.09. The minimum absolute atomic E-state index is 0.0396. The van der Waals surface area contributed by atoms with Crippen LogP contribution in [0.3, 0.4) is 0 Å². The summed E-state index contributed by atoms with van der Waals surface area (Å²) in [6, 6.07) is 8.59. The molecule has 1 aromatic heterocycles. The summed E-state index contributed by atoms with van der Waals surface area (Å²) in [5, 5.41) is 7.89. The molecule has 100 valence electrons. The minimum Gasteiger partial charge on any atom is -0.282 e. The fourth-order valence-electron chi connectivity index (χ4n) is 3.00. The van der Waals surface area contributed by atoms with Crippen molar-refractivity contribution in [3.63, 3.8) is 0 Å². The summed E-state index contributed by atoms with van der Waals surface area (Å²) in [6.07, 6.45) is 4.89. The molecule has 0 saturated carbocycles. The second-order valence-corrected chi connectivity index (χ2v) is 6.78. The summed E-state index contributed by atoms with van der Waals surface area (Å²) in [5.41, 5.74) is 5.31. The maximum absolute atomic E-state index is 4.63. The highest BCUT2D eigenvalue weighted by molar-refractivity contribution is 9.10. The summed E-state index contributed by atoms with van der Waals surface area (Å²) in [5.74, 6) is 0. The summed E-state index contributed by atoms with van der Waals surface area (Å²) >= 11 is 3.50. The lowest BCUT2D eigenvalue weighted by Gasteiger charge is -2.26. The molecule has 0 fully saturated rings. The number of rotatable bonds is 2. The van der Waals surface area contributed by atoms with Crippen LogP contribution in [0.5, 0.6) is 0 Å². The maximum Gasteiger partial charge on any atom is 0.0756 e. The van der Waals surface area contributed by atoms with Crippen LogP contribution in [-0.2, 0) is 18.3 Å². The maximum atomic E-state index is 4.63. The van der Waals surface area contributed by atoms with Gasteiger partial charge in [0.25, 0.3) is 0 Å². The highest BCUT2D eigenvalue weighted by Crippen LogP contribution is 2.36. The van der Waals surface area contributed by atoms with Gasteiger partial charge < -0.3 is 0 Å². The van der Waals surface area contributed by atoms with E-state index in [1.54, 1.807) is 0 Å². The molecule has 1 N–H and O–H groups in total. The Balaban J connectivity index is 2.04. The van der Waals surface area contributed by atoms with Crippen LogP contribution in [0.2, 0.25) is 0 Å². The number of aryl methyl sites for hydroxylation is 1. The molecule has 0 radical (unpaired) electrons. The zero-order valence-corrected chi connectivity index (χ0v) is 13.0. The number of benzene rings is 1. The third-order valence-corrected chi connectivity index (χ3v) is 4.74. The van der Waals surface area contributed by atoms with Gasteiger partial charge in [0.05, 0.1) is 5.69 Å². The normalized spacial score (nSPS) is 15.3. The van der Waals surface area contributed by atoms with Crippen molar-refractivity contribution in [3.05, 3.63) is 51.3 Å². The number of aromatic amines is 1. The van der Waals surface area contributed by atoms with E-state index in [1.165, 1.54) is 41.8 Å². The van der Waals surface area contributed by atoms with E-state index in [2.05, 4.69) is 64.2 Å². The van der Waals surface area contributed by atoms with Crippen molar-refractivity contribution in [2.24, 2.45) is 0 Å². The predicted octanol–water partition coefficient (Wildman–Crippen LogP) is 4.38. The molecule has 0 amide bonds. The van der Waals surface area contributed by atoms with Gasteiger partial charge in [-0.1, -0.05) is 41.9 Å². The first kappa shape index (κ1) is 12.9. The number of halogens is 1. The highest BCUT2D eigenvalue weighted by atomic mass is 79.9. The third kappa shape index (κ3) is 2.25. The predicted molar refractivity (Wildman–Crippen MR) is 81.5 cm³/mol. The van der Waals surface area contributed by atoms with Crippen molar-refractivity contribution in [2.75, 3.05) is 0 Å². The Labute approximate surface area is 122 Å². The van der Waals surface area contributed by atoms with Gasteiger partial charge >= 0.3 is 0 Å². The number of hydrogen-bond acceptors (Lipinski definition) is 1. The first-order valence-corrected chi connectivity index (χ1v) is 7.71. The van der Waals surface area contributed by atoms with E-state index >= 15 is 0 Å². The van der Waals surface area contributed by atoms with Crippen molar-refractivity contribution in [3.8, 4) is 0 Å². The Morgan fingerprint density at radius 2 is 1.79 bits per heavy atom. The van der Waals surface area contributed by atoms with Gasteiger partial charge in [0.1, 0.15) is 0 Å². The quantitative estimate of drug-likeness (QED) is 0.874. The average molecular weight is 319 g/mol. The second kappa shape index (κ2) is 4.78. The fourth-order valence-corrected chi connectivity index (χ4v) is 3.27. The number of nitrogens with one attached hydrogen (secondary N) is 1. The first-order valence-electron chi connectivity index (χ1n) is 6.91. The van der Waals surface area contributed by atoms with Crippen molar-refractivity contribution in [1.82, 2.24) is 10.2 Å². The molecule has 1 aliphatic carbocycles. The molecule has 2 nitrogen and oxygen atoms in total. The van der Waals surface area contributed by atoms with E-state index in [9.17, 15) is 0 Å². The molecule has 0 saturated heterocycles. The Kier molecular flexibility index (Phi) is 3.25. The number of nitrogens with zero attached hydrogens (tertiary/aromatic N) is 1. The molecule has 1 heterocycles. The monoisotopic (exact) mass is 318 g/mol. The smallest absolute Gasteiger partial charge is 0.0756 e. The van der Waals surface area contributed by atoms with Crippen molar-refractivity contribution >= 4 is 15.9 Å². The summed E-state index contributed by atoms with van der Waals surface area (Å²) in [7, 11) is 0. The summed E-state index contributed by atoms with van der Waals surface area (Å²) in [6.45, 7) is 4.53. The zero-order chi connectivity index (χ0) is 13.5. The Morgan fingerprint density at radius 1 is 1.11 bits per heavy atom. The molecule has 3 rings (SSSR count). The van der Waals surface area contributed by atoms with Crippen LogP contribution in [0.4, 0.5) is 0 Å². The van der Waals surface area contributed by atoms with Crippen molar-refractivity contribution < 1.29 is 0 Å². The topological polar surface area (TPSA) is 28.7 Å². The third-order valence-electron chi connectivity index (χ3n) is 4.21. The van der Waals surface area contributed by atoms with E-state index in [0.29, 0.717) is 0 Å². The van der Waals surface area contributed by atoms with E-state index in [4.69, 9.17) is 0 Å². The molecule has 3 heteroatoms. The summed E-state index contributed by atoms with van der Waals surface area (Å²) < 4.78 is 1.12. The van der Waals surface area contributed by atoms with Gasteiger partial charge in [-0.25, -0.2) is 0 Å². The molecule has 0 spiro atoms. The molecule has 0 bridgehead atoms. The fraction of sp³-hybridized carbons (Fsp3) is 0.438.